The first-order valence-electron chi connectivity index (χ1n) is 6.35. The largest absolute Gasteiger partial charge is 0.483 e. The number of ether oxygens (including phenoxy) is 2. The Morgan fingerprint density at radius 3 is 2.90 bits per heavy atom. The van der Waals surface area contributed by atoms with Gasteiger partial charge in [-0.3, -0.25) is 0 Å². The number of benzene rings is 1. The Kier molecular flexibility index (Phi) is 2.98. The van der Waals surface area contributed by atoms with Crippen molar-refractivity contribution in [2.24, 2.45) is 0 Å². The van der Waals surface area contributed by atoms with Gasteiger partial charge in [0.1, 0.15) is 10.8 Å². The average Bonchev–Trinajstić information content (AvgIpc) is 2.63. The first-order chi connectivity index (χ1) is 9.43. The molecular weight excluding hydrogens is 276 g/mol. The van der Waals surface area contributed by atoms with Crippen LogP contribution in [0.4, 0.5) is 5.69 Å². The molecule has 0 spiro atoms. The highest BCUT2D eigenvalue weighted by Crippen LogP contribution is 2.43. The van der Waals surface area contributed by atoms with Gasteiger partial charge in [0.25, 0.3) is 0 Å². The summed E-state index contributed by atoms with van der Waals surface area (Å²) >= 11 is 5.88. The molecule has 2 N–H and O–H groups in total. The summed E-state index contributed by atoms with van der Waals surface area (Å²) in [6, 6.07) is 9.03. The van der Waals surface area contributed by atoms with E-state index in [0.717, 1.165) is 17.7 Å². The van der Waals surface area contributed by atoms with Crippen molar-refractivity contribution < 1.29 is 9.47 Å². The molecule has 1 aliphatic rings. The maximum absolute atomic E-state index is 5.94. The smallest absolute Gasteiger partial charge is 0.222 e. The quantitative estimate of drug-likeness (QED) is 0.854. The van der Waals surface area contributed by atoms with Crippen molar-refractivity contribution in [2.45, 2.75) is 25.9 Å². The SMILES string of the molecule is CC1(C)Cc2cccc(Oc3cc(N)cc(Cl)n3)c2O1. The predicted octanol–water partition coefficient (Wildman–Crippen LogP) is 3.82. The van der Waals surface area contributed by atoms with Crippen LogP contribution in [0.5, 0.6) is 17.4 Å². The fraction of sp³-hybridized carbons (Fsp3) is 0.267. The van der Waals surface area contributed by atoms with Crippen LogP contribution >= 0.6 is 11.6 Å². The molecule has 0 atom stereocenters. The maximum atomic E-state index is 5.94. The van der Waals surface area contributed by atoms with Gasteiger partial charge in [0.2, 0.25) is 5.88 Å². The standard InChI is InChI=1S/C15H15ClN2O2/c1-15(2)8-9-4-3-5-11(14(9)20-15)19-13-7-10(17)6-12(16)18-13/h3-7H,8H2,1-2H3,(H2,17,18). The van der Waals surface area contributed by atoms with Gasteiger partial charge in [-0.15, -0.1) is 0 Å². The molecule has 1 aromatic carbocycles. The number of nitrogens with zero attached hydrogens (tertiary/aromatic N) is 1. The second-order valence-electron chi connectivity index (χ2n) is 5.45. The number of aromatic nitrogens is 1. The fourth-order valence-corrected chi connectivity index (χ4v) is 2.53. The number of hydrogen-bond donors (Lipinski definition) is 1. The van der Waals surface area contributed by atoms with Crippen molar-refractivity contribution in [3.05, 3.63) is 41.0 Å². The van der Waals surface area contributed by atoms with Gasteiger partial charge in [-0.2, -0.15) is 0 Å². The Morgan fingerprint density at radius 2 is 2.15 bits per heavy atom. The molecule has 3 rings (SSSR count). The Labute approximate surface area is 122 Å². The fourth-order valence-electron chi connectivity index (χ4n) is 2.32. The molecule has 0 saturated carbocycles. The summed E-state index contributed by atoms with van der Waals surface area (Å²) in [4.78, 5) is 4.10. The van der Waals surface area contributed by atoms with Crippen molar-refractivity contribution in [1.82, 2.24) is 4.98 Å². The summed E-state index contributed by atoms with van der Waals surface area (Å²) in [6.45, 7) is 4.10. The molecule has 20 heavy (non-hydrogen) atoms. The van der Waals surface area contributed by atoms with Crippen LogP contribution in [0, 0.1) is 0 Å². The Hall–Kier alpha value is -1.94. The van der Waals surface area contributed by atoms with Gasteiger partial charge < -0.3 is 15.2 Å². The highest BCUT2D eigenvalue weighted by Gasteiger charge is 2.32. The molecule has 1 aromatic heterocycles. The lowest BCUT2D eigenvalue weighted by Gasteiger charge is -2.18. The van der Waals surface area contributed by atoms with Crippen molar-refractivity contribution in [1.29, 1.82) is 0 Å². The molecular formula is C15H15ClN2O2. The third-order valence-electron chi connectivity index (χ3n) is 3.06. The molecule has 5 heteroatoms. The molecule has 0 saturated heterocycles. The summed E-state index contributed by atoms with van der Waals surface area (Å²) in [6.07, 6.45) is 0.852. The molecule has 0 amide bonds. The van der Waals surface area contributed by atoms with E-state index in [9.17, 15) is 0 Å². The topological polar surface area (TPSA) is 57.4 Å². The minimum Gasteiger partial charge on any atom is -0.483 e. The van der Waals surface area contributed by atoms with E-state index >= 15 is 0 Å². The van der Waals surface area contributed by atoms with E-state index in [1.165, 1.54) is 0 Å². The Morgan fingerprint density at radius 1 is 1.35 bits per heavy atom. The zero-order chi connectivity index (χ0) is 14.3. The molecule has 0 radical (unpaired) electrons. The summed E-state index contributed by atoms with van der Waals surface area (Å²) in [5, 5.41) is 0.300. The lowest BCUT2D eigenvalue weighted by Crippen LogP contribution is -2.24. The van der Waals surface area contributed by atoms with E-state index in [2.05, 4.69) is 4.98 Å². The number of anilines is 1. The number of nitrogen functional groups attached to an aromatic ring is 1. The van der Waals surface area contributed by atoms with Gasteiger partial charge in [0, 0.05) is 23.7 Å². The lowest BCUT2D eigenvalue weighted by atomic mass is 10.0. The number of halogens is 1. The molecule has 0 aliphatic carbocycles. The van der Waals surface area contributed by atoms with Gasteiger partial charge in [-0.1, -0.05) is 23.7 Å². The van der Waals surface area contributed by atoms with Gasteiger partial charge in [-0.25, -0.2) is 4.98 Å². The molecule has 4 nitrogen and oxygen atoms in total. The first-order valence-corrected chi connectivity index (χ1v) is 6.73. The van der Waals surface area contributed by atoms with Crippen LogP contribution < -0.4 is 15.2 Å². The minimum absolute atomic E-state index is 0.220. The summed E-state index contributed by atoms with van der Waals surface area (Å²) in [7, 11) is 0. The molecule has 1 aliphatic heterocycles. The Bertz CT molecular complexity index is 651. The lowest BCUT2D eigenvalue weighted by molar-refractivity contribution is 0.135. The van der Waals surface area contributed by atoms with Crippen LogP contribution in [-0.2, 0) is 6.42 Å². The van der Waals surface area contributed by atoms with Crippen LogP contribution in [0.3, 0.4) is 0 Å². The second kappa shape index (κ2) is 4.56. The molecule has 2 aromatic rings. The second-order valence-corrected chi connectivity index (χ2v) is 5.83. The van der Waals surface area contributed by atoms with E-state index in [4.69, 9.17) is 26.8 Å². The van der Waals surface area contributed by atoms with Gasteiger partial charge in [0.15, 0.2) is 11.5 Å². The first kappa shape index (κ1) is 13.1. The van der Waals surface area contributed by atoms with Gasteiger partial charge in [-0.05, 0) is 26.0 Å². The van der Waals surface area contributed by atoms with Crippen LogP contribution in [0.1, 0.15) is 19.4 Å². The number of rotatable bonds is 2. The number of nitrogens with two attached hydrogens (primary N) is 1. The van der Waals surface area contributed by atoms with Gasteiger partial charge in [0.05, 0.1) is 0 Å². The predicted molar refractivity (Wildman–Crippen MR) is 78.6 cm³/mol. The molecule has 104 valence electrons. The van der Waals surface area contributed by atoms with Gasteiger partial charge >= 0.3 is 0 Å². The zero-order valence-electron chi connectivity index (χ0n) is 11.3. The zero-order valence-corrected chi connectivity index (χ0v) is 12.1. The minimum atomic E-state index is -0.220. The van der Waals surface area contributed by atoms with Crippen molar-refractivity contribution >= 4 is 17.3 Å². The maximum Gasteiger partial charge on any atom is 0.222 e. The molecule has 2 heterocycles. The van der Waals surface area contributed by atoms with Crippen molar-refractivity contribution in [3.8, 4) is 17.4 Å². The molecule has 0 unspecified atom stereocenters. The van der Waals surface area contributed by atoms with E-state index in [-0.39, 0.29) is 5.60 Å². The third-order valence-corrected chi connectivity index (χ3v) is 3.26. The van der Waals surface area contributed by atoms with E-state index in [0.29, 0.717) is 22.5 Å². The average molecular weight is 291 g/mol. The van der Waals surface area contributed by atoms with E-state index < -0.39 is 0 Å². The van der Waals surface area contributed by atoms with Crippen molar-refractivity contribution in [2.75, 3.05) is 5.73 Å². The monoisotopic (exact) mass is 290 g/mol. The highest BCUT2D eigenvalue weighted by molar-refractivity contribution is 6.29. The molecule has 0 bridgehead atoms. The van der Waals surface area contributed by atoms with Crippen LogP contribution in [0.15, 0.2) is 30.3 Å². The summed E-state index contributed by atoms with van der Waals surface area (Å²) in [5.41, 5.74) is 7.15. The Balaban J connectivity index is 1.95. The summed E-state index contributed by atoms with van der Waals surface area (Å²) < 4.78 is 11.7. The van der Waals surface area contributed by atoms with Crippen LogP contribution in [0.2, 0.25) is 5.15 Å². The highest BCUT2D eigenvalue weighted by atomic mass is 35.5. The summed E-state index contributed by atoms with van der Waals surface area (Å²) in [5.74, 6) is 1.75. The number of hydrogen-bond acceptors (Lipinski definition) is 4. The van der Waals surface area contributed by atoms with E-state index in [1.54, 1.807) is 12.1 Å². The number of para-hydroxylation sites is 1. The molecule has 0 fully saturated rings. The van der Waals surface area contributed by atoms with Crippen LogP contribution in [0.25, 0.3) is 0 Å². The van der Waals surface area contributed by atoms with Crippen molar-refractivity contribution in [3.63, 3.8) is 0 Å². The normalized spacial score (nSPS) is 15.6. The number of fused-ring (bicyclic) bond motifs is 1. The van der Waals surface area contributed by atoms with E-state index in [1.807, 2.05) is 32.0 Å². The van der Waals surface area contributed by atoms with Crippen LogP contribution in [-0.4, -0.2) is 10.6 Å². The number of pyridine rings is 1. The third kappa shape index (κ3) is 2.51.